The first-order valence-corrected chi connectivity index (χ1v) is 4.85. The van der Waals surface area contributed by atoms with Crippen molar-refractivity contribution < 1.29 is 0 Å². The SMILES string of the molecule is CC(=N)/C(=C(/C)N)C1CCCNC1. The molecule has 0 spiro atoms. The molecule has 1 aliphatic heterocycles. The number of rotatable bonds is 2. The van der Waals surface area contributed by atoms with E-state index < -0.39 is 0 Å². The largest absolute Gasteiger partial charge is 0.402 e. The number of nitrogens with one attached hydrogen (secondary N) is 2. The van der Waals surface area contributed by atoms with Gasteiger partial charge in [-0.2, -0.15) is 0 Å². The van der Waals surface area contributed by atoms with Crippen LogP contribution in [-0.4, -0.2) is 18.8 Å². The lowest BCUT2D eigenvalue weighted by atomic mass is 9.88. The van der Waals surface area contributed by atoms with Crippen molar-refractivity contribution in [3.63, 3.8) is 0 Å². The fourth-order valence-corrected chi connectivity index (χ4v) is 2.02. The van der Waals surface area contributed by atoms with Crippen molar-refractivity contribution in [2.75, 3.05) is 13.1 Å². The van der Waals surface area contributed by atoms with Crippen molar-refractivity contribution in [1.82, 2.24) is 5.32 Å². The summed E-state index contributed by atoms with van der Waals surface area (Å²) in [4.78, 5) is 0. The number of hydrogen-bond donors (Lipinski definition) is 3. The van der Waals surface area contributed by atoms with Crippen LogP contribution < -0.4 is 11.1 Å². The minimum Gasteiger partial charge on any atom is -0.402 e. The molecule has 4 N–H and O–H groups in total. The van der Waals surface area contributed by atoms with Crippen molar-refractivity contribution >= 4 is 5.71 Å². The monoisotopic (exact) mass is 181 g/mol. The Morgan fingerprint density at radius 1 is 1.46 bits per heavy atom. The summed E-state index contributed by atoms with van der Waals surface area (Å²) < 4.78 is 0. The fourth-order valence-electron chi connectivity index (χ4n) is 2.02. The second kappa shape index (κ2) is 4.42. The molecule has 1 saturated heterocycles. The van der Waals surface area contributed by atoms with Gasteiger partial charge in [0.1, 0.15) is 0 Å². The molecule has 74 valence electrons. The lowest BCUT2D eigenvalue weighted by Crippen LogP contribution is -2.33. The number of allylic oxidation sites excluding steroid dienone is 1. The first kappa shape index (κ1) is 10.3. The summed E-state index contributed by atoms with van der Waals surface area (Å²) in [5, 5.41) is 11.0. The van der Waals surface area contributed by atoms with Gasteiger partial charge in [-0.25, -0.2) is 0 Å². The summed E-state index contributed by atoms with van der Waals surface area (Å²) in [7, 11) is 0. The molecule has 0 aliphatic carbocycles. The van der Waals surface area contributed by atoms with E-state index in [0.29, 0.717) is 11.6 Å². The van der Waals surface area contributed by atoms with Crippen molar-refractivity contribution in [3.05, 3.63) is 11.3 Å². The zero-order chi connectivity index (χ0) is 9.84. The van der Waals surface area contributed by atoms with E-state index in [1.54, 1.807) is 0 Å². The third kappa shape index (κ3) is 2.56. The van der Waals surface area contributed by atoms with Gasteiger partial charge in [-0.05, 0) is 44.7 Å². The van der Waals surface area contributed by atoms with E-state index in [9.17, 15) is 0 Å². The molecule has 1 heterocycles. The average molecular weight is 181 g/mol. The Labute approximate surface area is 79.9 Å². The van der Waals surface area contributed by atoms with Crippen LogP contribution in [-0.2, 0) is 0 Å². The van der Waals surface area contributed by atoms with Crippen molar-refractivity contribution in [3.8, 4) is 0 Å². The molecule has 0 aromatic rings. The molecule has 1 aliphatic rings. The van der Waals surface area contributed by atoms with Gasteiger partial charge < -0.3 is 16.5 Å². The smallest absolute Gasteiger partial charge is 0.0335 e. The van der Waals surface area contributed by atoms with Crippen LogP contribution in [0.25, 0.3) is 0 Å². The second-order valence-corrected chi connectivity index (χ2v) is 3.76. The predicted molar refractivity (Wildman–Crippen MR) is 55.9 cm³/mol. The van der Waals surface area contributed by atoms with Gasteiger partial charge in [-0.1, -0.05) is 0 Å². The molecular formula is C10H19N3. The lowest BCUT2D eigenvalue weighted by Gasteiger charge is -2.25. The van der Waals surface area contributed by atoms with Gasteiger partial charge in [0.05, 0.1) is 0 Å². The van der Waals surface area contributed by atoms with Gasteiger partial charge >= 0.3 is 0 Å². The molecule has 0 saturated carbocycles. The topological polar surface area (TPSA) is 61.9 Å². The van der Waals surface area contributed by atoms with Gasteiger partial charge in [0.25, 0.3) is 0 Å². The summed E-state index contributed by atoms with van der Waals surface area (Å²) in [5.41, 5.74) is 8.25. The van der Waals surface area contributed by atoms with Gasteiger partial charge in [0, 0.05) is 18.0 Å². The number of nitrogens with two attached hydrogens (primary N) is 1. The van der Waals surface area contributed by atoms with Crippen LogP contribution in [0.5, 0.6) is 0 Å². The molecule has 1 fully saturated rings. The quantitative estimate of drug-likeness (QED) is 0.562. The summed E-state index contributed by atoms with van der Waals surface area (Å²) in [6.07, 6.45) is 2.35. The Balaban J connectivity index is 2.75. The van der Waals surface area contributed by atoms with Crippen LogP contribution in [0.3, 0.4) is 0 Å². The molecular weight excluding hydrogens is 162 g/mol. The highest BCUT2D eigenvalue weighted by molar-refractivity contribution is 5.96. The third-order valence-corrected chi connectivity index (χ3v) is 2.53. The molecule has 0 amide bonds. The minimum atomic E-state index is 0.455. The summed E-state index contributed by atoms with van der Waals surface area (Å²) in [6.45, 7) is 5.78. The maximum absolute atomic E-state index is 7.65. The van der Waals surface area contributed by atoms with Crippen molar-refractivity contribution in [2.24, 2.45) is 11.7 Å². The zero-order valence-corrected chi connectivity index (χ0v) is 8.48. The molecule has 0 aromatic heterocycles. The van der Waals surface area contributed by atoms with Crippen LogP contribution in [0, 0.1) is 11.3 Å². The van der Waals surface area contributed by atoms with Crippen LogP contribution >= 0.6 is 0 Å². The van der Waals surface area contributed by atoms with Crippen LogP contribution in [0.15, 0.2) is 11.3 Å². The lowest BCUT2D eigenvalue weighted by molar-refractivity contribution is 0.428. The van der Waals surface area contributed by atoms with E-state index >= 15 is 0 Å². The Hall–Kier alpha value is -0.830. The Kier molecular flexibility index (Phi) is 3.48. The van der Waals surface area contributed by atoms with Crippen molar-refractivity contribution in [2.45, 2.75) is 26.7 Å². The molecule has 1 rings (SSSR count). The predicted octanol–water partition coefficient (Wildman–Crippen LogP) is 1.26. The highest BCUT2D eigenvalue weighted by Gasteiger charge is 2.19. The van der Waals surface area contributed by atoms with E-state index in [0.717, 1.165) is 30.8 Å². The first-order chi connectivity index (χ1) is 6.13. The van der Waals surface area contributed by atoms with Crippen LogP contribution in [0.1, 0.15) is 26.7 Å². The summed E-state index contributed by atoms with van der Waals surface area (Å²) in [5.74, 6) is 0.455. The van der Waals surface area contributed by atoms with E-state index in [4.69, 9.17) is 11.1 Å². The van der Waals surface area contributed by atoms with E-state index in [1.807, 2.05) is 13.8 Å². The maximum atomic E-state index is 7.65. The van der Waals surface area contributed by atoms with Gasteiger partial charge in [-0.3, -0.25) is 0 Å². The summed E-state index contributed by atoms with van der Waals surface area (Å²) >= 11 is 0. The molecule has 0 aromatic carbocycles. The zero-order valence-electron chi connectivity index (χ0n) is 8.48. The normalized spacial score (nSPS) is 25.2. The first-order valence-electron chi connectivity index (χ1n) is 4.85. The highest BCUT2D eigenvalue weighted by atomic mass is 14.9. The fraction of sp³-hybridized carbons (Fsp3) is 0.700. The minimum absolute atomic E-state index is 0.455. The number of piperidine rings is 1. The van der Waals surface area contributed by atoms with Crippen molar-refractivity contribution in [1.29, 1.82) is 5.41 Å². The molecule has 3 nitrogen and oxygen atoms in total. The molecule has 13 heavy (non-hydrogen) atoms. The van der Waals surface area contributed by atoms with Gasteiger partial charge in [0.2, 0.25) is 0 Å². The molecule has 1 atom stereocenters. The van der Waals surface area contributed by atoms with Crippen LogP contribution in [0.4, 0.5) is 0 Å². The Morgan fingerprint density at radius 3 is 2.54 bits per heavy atom. The molecule has 3 heteroatoms. The van der Waals surface area contributed by atoms with Crippen LogP contribution in [0.2, 0.25) is 0 Å². The Morgan fingerprint density at radius 2 is 2.15 bits per heavy atom. The molecule has 1 unspecified atom stereocenters. The second-order valence-electron chi connectivity index (χ2n) is 3.76. The van der Waals surface area contributed by atoms with E-state index in [-0.39, 0.29) is 0 Å². The third-order valence-electron chi connectivity index (χ3n) is 2.53. The van der Waals surface area contributed by atoms with Gasteiger partial charge in [-0.15, -0.1) is 0 Å². The summed E-state index contributed by atoms with van der Waals surface area (Å²) in [6, 6.07) is 0. The van der Waals surface area contributed by atoms with E-state index in [1.165, 1.54) is 6.42 Å². The molecule has 0 radical (unpaired) electrons. The Bertz CT molecular complexity index is 220. The highest BCUT2D eigenvalue weighted by Crippen LogP contribution is 2.21. The average Bonchev–Trinajstić information content (AvgIpc) is 2.04. The number of hydrogen-bond acceptors (Lipinski definition) is 3. The maximum Gasteiger partial charge on any atom is 0.0335 e. The standard InChI is InChI=1S/C10H19N3/c1-7(11)10(8(2)12)9-4-3-5-13-6-9/h9,11,13H,3-6,12H2,1-2H3/b10-8+,11-7?. The van der Waals surface area contributed by atoms with Gasteiger partial charge in [0.15, 0.2) is 0 Å². The molecule has 0 bridgehead atoms. The van der Waals surface area contributed by atoms with E-state index in [2.05, 4.69) is 5.32 Å².